The van der Waals surface area contributed by atoms with Gasteiger partial charge in [0.05, 0.1) is 6.04 Å². The number of amides is 1. The third-order valence-corrected chi connectivity index (χ3v) is 4.43. The van der Waals surface area contributed by atoms with Gasteiger partial charge in [0.2, 0.25) is 5.13 Å². The number of nitrogens with one attached hydrogen (secondary N) is 2. The SMILES string of the molecule is Cc1nsc(NC2CCc3cc(NC(=O)OC(C)(C)C)ccc32)n1. The second-order valence-electron chi connectivity index (χ2n) is 6.92. The van der Waals surface area contributed by atoms with Crippen molar-refractivity contribution in [2.24, 2.45) is 0 Å². The van der Waals surface area contributed by atoms with Crippen LogP contribution in [0.1, 0.15) is 50.2 Å². The summed E-state index contributed by atoms with van der Waals surface area (Å²) < 4.78 is 9.48. The van der Waals surface area contributed by atoms with Gasteiger partial charge in [0.25, 0.3) is 0 Å². The molecule has 1 aliphatic carbocycles. The average Bonchev–Trinajstić information content (AvgIpc) is 3.04. The normalized spacial score (nSPS) is 16.6. The van der Waals surface area contributed by atoms with E-state index in [0.717, 1.165) is 29.5 Å². The number of anilines is 2. The topological polar surface area (TPSA) is 76.1 Å². The smallest absolute Gasteiger partial charge is 0.412 e. The number of aromatic nitrogens is 2. The number of fused-ring (bicyclic) bond motifs is 1. The summed E-state index contributed by atoms with van der Waals surface area (Å²) in [4.78, 5) is 16.2. The van der Waals surface area contributed by atoms with Gasteiger partial charge in [-0.1, -0.05) is 6.07 Å². The molecule has 1 aromatic heterocycles. The van der Waals surface area contributed by atoms with Crippen LogP contribution in [0.5, 0.6) is 0 Å². The van der Waals surface area contributed by atoms with Crippen molar-refractivity contribution in [3.05, 3.63) is 35.2 Å². The van der Waals surface area contributed by atoms with Gasteiger partial charge < -0.3 is 10.1 Å². The van der Waals surface area contributed by atoms with Crippen LogP contribution in [-0.4, -0.2) is 21.1 Å². The zero-order chi connectivity index (χ0) is 17.3. The lowest BCUT2D eigenvalue weighted by molar-refractivity contribution is 0.0636. The third-order valence-electron chi connectivity index (χ3n) is 3.69. The number of aryl methyl sites for hydroxylation is 2. The minimum absolute atomic E-state index is 0.239. The first-order chi connectivity index (χ1) is 11.3. The third kappa shape index (κ3) is 4.03. The summed E-state index contributed by atoms with van der Waals surface area (Å²) in [6, 6.07) is 6.23. The predicted octanol–water partition coefficient (Wildman–Crippen LogP) is 4.29. The Morgan fingerprint density at radius 1 is 1.38 bits per heavy atom. The van der Waals surface area contributed by atoms with Gasteiger partial charge in [0.15, 0.2) is 0 Å². The molecule has 0 radical (unpaired) electrons. The molecule has 128 valence electrons. The molecule has 1 atom stereocenters. The lowest BCUT2D eigenvalue weighted by Gasteiger charge is -2.20. The molecule has 1 unspecified atom stereocenters. The summed E-state index contributed by atoms with van der Waals surface area (Å²) in [5.74, 6) is 0.789. The zero-order valence-electron chi connectivity index (χ0n) is 14.3. The van der Waals surface area contributed by atoms with Crippen LogP contribution in [0.2, 0.25) is 0 Å². The van der Waals surface area contributed by atoms with Gasteiger partial charge in [0, 0.05) is 17.2 Å². The summed E-state index contributed by atoms with van der Waals surface area (Å²) in [6.45, 7) is 7.43. The van der Waals surface area contributed by atoms with Gasteiger partial charge in [-0.15, -0.1) is 0 Å². The van der Waals surface area contributed by atoms with E-state index in [1.165, 1.54) is 22.7 Å². The quantitative estimate of drug-likeness (QED) is 0.867. The van der Waals surface area contributed by atoms with Gasteiger partial charge in [0.1, 0.15) is 11.4 Å². The molecule has 0 fully saturated rings. The zero-order valence-corrected chi connectivity index (χ0v) is 15.2. The number of rotatable bonds is 3. The first-order valence-electron chi connectivity index (χ1n) is 8.00. The Morgan fingerprint density at radius 3 is 2.83 bits per heavy atom. The molecular weight excluding hydrogens is 324 g/mol. The van der Waals surface area contributed by atoms with Gasteiger partial charge in [-0.05, 0) is 63.8 Å². The second kappa shape index (κ2) is 6.39. The van der Waals surface area contributed by atoms with E-state index in [9.17, 15) is 4.79 Å². The number of hydrogen-bond acceptors (Lipinski definition) is 6. The molecule has 3 rings (SSSR count). The highest BCUT2D eigenvalue weighted by Crippen LogP contribution is 2.35. The molecule has 1 aromatic carbocycles. The van der Waals surface area contributed by atoms with Crippen molar-refractivity contribution >= 4 is 28.4 Å². The molecule has 24 heavy (non-hydrogen) atoms. The Kier molecular flexibility index (Phi) is 4.45. The van der Waals surface area contributed by atoms with E-state index in [4.69, 9.17) is 4.74 Å². The Balaban J connectivity index is 1.68. The van der Waals surface area contributed by atoms with E-state index >= 15 is 0 Å². The lowest BCUT2D eigenvalue weighted by atomic mass is 10.1. The Hall–Kier alpha value is -2.15. The first-order valence-corrected chi connectivity index (χ1v) is 8.77. The summed E-state index contributed by atoms with van der Waals surface area (Å²) >= 11 is 1.38. The number of benzene rings is 1. The molecule has 0 saturated heterocycles. The summed E-state index contributed by atoms with van der Waals surface area (Å²) in [7, 11) is 0. The fraction of sp³-hybridized carbons (Fsp3) is 0.471. The van der Waals surface area contributed by atoms with Crippen molar-refractivity contribution in [2.75, 3.05) is 10.6 Å². The van der Waals surface area contributed by atoms with Crippen LogP contribution in [0.15, 0.2) is 18.2 Å². The van der Waals surface area contributed by atoms with Gasteiger partial charge in [-0.2, -0.15) is 4.37 Å². The molecule has 0 aliphatic heterocycles. The molecule has 0 saturated carbocycles. The molecule has 7 heteroatoms. The largest absolute Gasteiger partial charge is 0.444 e. The molecular formula is C17H22N4O2S. The lowest BCUT2D eigenvalue weighted by Crippen LogP contribution is -2.27. The van der Waals surface area contributed by atoms with E-state index < -0.39 is 11.7 Å². The number of nitrogens with zero attached hydrogens (tertiary/aromatic N) is 2. The fourth-order valence-corrected chi connectivity index (χ4v) is 3.40. The molecule has 6 nitrogen and oxygen atoms in total. The molecule has 0 bridgehead atoms. The van der Waals surface area contributed by atoms with E-state index in [0.29, 0.717) is 0 Å². The molecule has 2 N–H and O–H groups in total. The fourth-order valence-electron chi connectivity index (χ4n) is 2.77. The summed E-state index contributed by atoms with van der Waals surface area (Å²) in [5, 5.41) is 7.08. The van der Waals surface area contributed by atoms with E-state index in [2.05, 4.69) is 26.1 Å². The van der Waals surface area contributed by atoms with Crippen LogP contribution in [0, 0.1) is 6.92 Å². The highest BCUT2D eigenvalue weighted by Gasteiger charge is 2.24. The first kappa shape index (κ1) is 16.7. The van der Waals surface area contributed by atoms with Gasteiger partial charge in [-0.3, -0.25) is 5.32 Å². The highest BCUT2D eigenvalue weighted by molar-refractivity contribution is 7.09. The van der Waals surface area contributed by atoms with Gasteiger partial charge in [-0.25, -0.2) is 9.78 Å². The minimum atomic E-state index is -0.504. The van der Waals surface area contributed by atoms with E-state index in [-0.39, 0.29) is 6.04 Å². The van der Waals surface area contributed by atoms with Crippen LogP contribution in [-0.2, 0) is 11.2 Å². The van der Waals surface area contributed by atoms with Crippen LogP contribution in [0.3, 0.4) is 0 Å². The highest BCUT2D eigenvalue weighted by atomic mass is 32.1. The van der Waals surface area contributed by atoms with Crippen molar-refractivity contribution < 1.29 is 9.53 Å². The maximum Gasteiger partial charge on any atom is 0.412 e. The van der Waals surface area contributed by atoms with Crippen molar-refractivity contribution in [1.29, 1.82) is 0 Å². The van der Waals surface area contributed by atoms with E-state index in [1.54, 1.807) is 0 Å². The number of ether oxygens (including phenoxy) is 1. The molecule has 1 heterocycles. The van der Waals surface area contributed by atoms with Crippen LogP contribution >= 0.6 is 11.5 Å². The monoisotopic (exact) mass is 346 g/mol. The van der Waals surface area contributed by atoms with Crippen molar-refractivity contribution in [3.8, 4) is 0 Å². The minimum Gasteiger partial charge on any atom is -0.444 e. The Bertz CT molecular complexity index is 751. The number of carbonyl (C=O) groups excluding carboxylic acids is 1. The molecule has 1 amide bonds. The van der Waals surface area contributed by atoms with Crippen LogP contribution < -0.4 is 10.6 Å². The Labute approximate surface area is 145 Å². The maximum atomic E-state index is 11.9. The molecule has 2 aromatic rings. The van der Waals surface area contributed by atoms with E-state index in [1.807, 2.05) is 39.8 Å². The number of carbonyl (C=O) groups is 1. The van der Waals surface area contributed by atoms with Crippen LogP contribution in [0.4, 0.5) is 15.6 Å². The average molecular weight is 346 g/mol. The van der Waals surface area contributed by atoms with Gasteiger partial charge >= 0.3 is 6.09 Å². The number of hydrogen-bond donors (Lipinski definition) is 2. The Morgan fingerprint density at radius 2 is 2.17 bits per heavy atom. The summed E-state index contributed by atoms with van der Waals surface area (Å²) in [6.07, 6.45) is 1.54. The standard InChI is InChI=1S/C17H22N4O2S/c1-10-18-15(24-21-10)20-14-8-5-11-9-12(6-7-13(11)14)19-16(22)23-17(2,3)4/h6-7,9,14H,5,8H2,1-4H3,(H,19,22)(H,18,20,21). The second-order valence-corrected chi connectivity index (χ2v) is 7.67. The molecule has 0 spiro atoms. The predicted molar refractivity (Wildman–Crippen MR) is 95.6 cm³/mol. The molecule has 1 aliphatic rings. The van der Waals surface area contributed by atoms with Crippen molar-refractivity contribution in [3.63, 3.8) is 0 Å². The van der Waals surface area contributed by atoms with Crippen molar-refractivity contribution in [2.45, 2.75) is 52.2 Å². The van der Waals surface area contributed by atoms with Crippen molar-refractivity contribution in [1.82, 2.24) is 9.36 Å². The summed E-state index contributed by atoms with van der Waals surface area (Å²) in [5.41, 5.74) is 2.74. The maximum absolute atomic E-state index is 11.9. The van der Waals surface area contributed by atoms with Crippen LogP contribution in [0.25, 0.3) is 0 Å².